The summed E-state index contributed by atoms with van der Waals surface area (Å²) in [5, 5.41) is 2.98. The predicted octanol–water partition coefficient (Wildman–Crippen LogP) is 3.71. The van der Waals surface area contributed by atoms with Crippen LogP contribution in [0.2, 0.25) is 0 Å². The van der Waals surface area contributed by atoms with Crippen molar-refractivity contribution in [2.45, 2.75) is 38.0 Å². The van der Waals surface area contributed by atoms with E-state index in [4.69, 9.17) is 17.0 Å². The Morgan fingerprint density at radius 2 is 1.92 bits per heavy atom. The third kappa shape index (κ3) is 3.87. The van der Waals surface area contributed by atoms with Gasteiger partial charge in [0.15, 0.2) is 5.11 Å². The van der Waals surface area contributed by atoms with Crippen LogP contribution in [0, 0.1) is 0 Å². The Labute approximate surface area is 155 Å². The number of nitrogens with zero attached hydrogens (tertiary/aromatic N) is 2. The van der Waals surface area contributed by atoms with Gasteiger partial charge in [-0.1, -0.05) is 12.1 Å². The molecule has 1 amide bonds. The highest BCUT2D eigenvalue weighted by Gasteiger charge is 2.38. The number of carbonyl (C=O) groups is 1. The summed E-state index contributed by atoms with van der Waals surface area (Å²) in [6.45, 7) is 3.48. The number of para-hydroxylation sites is 1. The first-order chi connectivity index (χ1) is 12.3. The van der Waals surface area contributed by atoms with Gasteiger partial charge >= 0.3 is 12.3 Å². The molecule has 2 aliphatic rings. The van der Waals surface area contributed by atoms with Crippen LogP contribution in [0.3, 0.4) is 0 Å². The maximum atomic E-state index is 13.1. The fraction of sp³-hybridized carbons (Fsp3) is 0.529. The van der Waals surface area contributed by atoms with Gasteiger partial charge < -0.3 is 15.0 Å². The highest BCUT2D eigenvalue weighted by atomic mass is 32.1. The highest BCUT2D eigenvalue weighted by Crippen LogP contribution is 2.34. The quantitative estimate of drug-likeness (QED) is 0.784. The summed E-state index contributed by atoms with van der Waals surface area (Å²) in [7, 11) is 0. The minimum Gasteiger partial charge on any atom is -0.447 e. The van der Waals surface area contributed by atoms with Crippen LogP contribution in [-0.4, -0.2) is 52.8 Å². The van der Waals surface area contributed by atoms with Crippen LogP contribution in [0.15, 0.2) is 24.3 Å². The molecule has 0 radical (unpaired) electrons. The number of alkyl halides is 3. The van der Waals surface area contributed by atoms with Gasteiger partial charge in [0.1, 0.15) is 6.61 Å². The lowest BCUT2D eigenvalue weighted by molar-refractivity contribution is -0.136. The van der Waals surface area contributed by atoms with Gasteiger partial charge in [-0.15, -0.1) is 0 Å². The van der Waals surface area contributed by atoms with Gasteiger partial charge in [-0.2, -0.15) is 13.2 Å². The summed E-state index contributed by atoms with van der Waals surface area (Å²) in [4.78, 5) is 15.4. The molecule has 0 aromatic heterocycles. The Balaban J connectivity index is 1.61. The largest absolute Gasteiger partial charge is 0.447 e. The maximum absolute atomic E-state index is 13.1. The fourth-order valence-corrected chi connectivity index (χ4v) is 3.71. The lowest BCUT2D eigenvalue weighted by Gasteiger charge is -2.38. The topological polar surface area (TPSA) is 44.8 Å². The standard InChI is InChI=1S/C17H20F3N3O2S/c1-11-10-25-16(24)23(11)12-6-8-22(9-7-12)15(26)21-14-5-3-2-4-13(14)17(18,19)20/h2-5,11-12H,6-10H2,1H3,(H,21,26). The molecule has 2 saturated heterocycles. The molecule has 0 bridgehead atoms. The second-order valence-electron chi connectivity index (χ2n) is 6.52. The van der Waals surface area contributed by atoms with E-state index in [1.54, 1.807) is 4.90 Å². The number of rotatable bonds is 2. The molecule has 0 saturated carbocycles. The van der Waals surface area contributed by atoms with E-state index in [9.17, 15) is 18.0 Å². The first-order valence-corrected chi connectivity index (χ1v) is 8.85. The fourth-order valence-electron chi connectivity index (χ4n) is 3.42. The summed E-state index contributed by atoms with van der Waals surface area (Å²) in [5.41, 5.74) is -0.797. The molecule has 5 nitrogen and oxygen atoms in total. The average Bonchev–Trinajstić information content (AvgIpc) is 2.93. The van der Waals surface area contributed by atoms with E-state index in [1.807, 2.05) is 11.8 Å². The molecule has 2 fully saturated rings. The second-order valence-corrected chi connectivity index (χ2v) is 6.91. The summed E-state index contributed by atoms with van der Waals surface area (Å²) in [6, 6.07) is 5.39. The van der Waals surface area contributed by atoms with E-state index >= 15 is 0 Å². The number of amides is 1. The van der Waals surface area contributed by atoms with Gasteiger partial charge in [0.2, 0.25) is 0 Å². The van der Waals surface area contributed by atoms with Crippen LogP contribution in [0.25, 0.3) is 0 Å². The van der Waals surface area contributed by atoms with Gasteiger partial charge in [-0.3, -0.25) is 4.90 Å². The number of anilines is 1. The summed E-state index contributed by atoms with van der Waals surface area (Å²) in [5.74, 6) is 0. The third-order valence-electron chi connectivity index (χ3n) is 4.75. The first-order valence-electron chi connectivity index (χ1n) is 8.44. The number of likely N-dealkylation sites (tertiary alicyclic amines) is 1. The molecule has 1 N–H and O–H groups in total. The normalized spacial score (nSPS) is 21.7. The summed E-state index contributed by atoms with van der Waals surface area (Å²) in [6.07, 6.45) is -3.35. The second kappa shape index (κ2) is 7.30. The number of ether oxygens (including phenoxy) is 1. The van der Waals surface area contributed by atoms with E-state index < -0.39 is 11.7 Å². The number of benzene rings is 1. The number of cyclic esters (lactones) is 1. The third-order valence-corrected chi connectivity index (χ3v) is 5.11. The lowest BCUT2D eigenvalue weighted by Crippen LogP contribution is -2.50. The molecule has 1 unspecified atom stereocenters. The molecular weight excluding hydrogens is 367 g/mol. The van der Waals surface area contributed by atoms with Crippen LogP contribution in [0.1, 0.15) is 25.3 Å². The highest BCUT2D eigenvalue weighted by molar-refractivity contribution is 7.80. The van der Waals surface area contributed by atoms with Gasteiger partial charge in [0.25, 0.3) is 0 Å². The van der Waals surface area contributed by atoms with Crippen LogP contribution in [0.4, 0.5) is 23.7 Å². The zero-order chi connectivity index (χ0) is 18.9. The predicted molar refractivity (Wildman–Crippen MR) is 94.9 cm³/mol. The molecule has 1 aromatic carbocycles. The van der Waals surface area contributed by atoms with Crippen LogP contribution in [-0.2, 0) is 10.9 Å². The Morgan fingerprint density at radius 1 is 1.27 bits per heavy atom. The zero-order valence-electron chi connectivity index (χ0n) is 14.3. The summed E-state index contributed by atoms with van der Waals surface area (Å²) < 4.78 is 44.3. The van der Waals surface area contributed by atoms with Crippen LogP contribution >= 0.6 is 12.2 Å². The molecule has 0 aliphatic carbocycles. The molecule has 1 atom stereocenters. The van der Waals surface area contributed by atoms with Gasteiger partial charge in [-0.25, -0.2) is 4.79 Å². The van der Waals surface area contributed by atoms with Crippen molar-refractivity contribution in [2.75, 3.05) is 25.0 Å². The summed E-state index contributed by atoms with van der Waals surface area (Å²) >= 11 is 5.30. The molecule has 26 heavy (non-hydrogen) atoms. The van der Waals surface area contributed by atoms with Crippen molar-refractivity contribution >= 4 is 29.1 Å². The van der Waals surface area contributed by atoms with Gasteiger partial charge in [-0.05, 0) is 44.1 Å². The number of halogens is 3. The van der Waals surface area contributed by atoms with Crippen molar-refractivity contribution in [1.82, 2.24) is 9.80 Å². The van der Waals surface area contributed by atoms with Crippen molar-refractivity contribution in [3.63, 3.8) is 0 Å². The van der Waals surface area contributed by atoms with E-state index in [1.165, 1.54) is 18.2 Å². The van der Waals surface area contributed by atoms with E-state index in [2.05, 4.69) is 5.32 Å². The Hall–Kier alpha value is -2.03. The molecule has 2 heterocycles. The van der Waals surface area contributed by atoms with E-state index in [-0.39, 0.29) is 29.0 Å². The SMILES string of the molecule is CC1COC(=O)N1C1CCN(C(=S)Nc2ccccc2C(F)(F)F)CC1. The smallest absolute Gasteiger partial charge is 0.418 e. The zero-order valence-corrected chi connectivity index (χ0v) is 15.1. The monoisotopic (exact) mass is 387 g/mol. The Bertz CT molecular complexity index is 690. The van der Waals surface area contributed by atoms with Gasteiger partial charge in [0.05, 0.1) is 17.3 Å². The number of carbonyl (C=O) groups excluding carboxylic acids is 1. The number of nitrogens with one attached hydrogen (secondary N) is 1. The molecule has 0 spiro atoms. The van der Waals surface area contributed by atoms with Crippen molar-refractivity contribution in [3.05, 3.63) is 29.8 Å². The average molecular weight is 387 g/mol. The molecule has 3 rings (SSSR count). The van der Waals surface area contributed by atoms with Crippen molar-refractivity contribution in [1.29, 1.82) is 0 Å². The van der Waals surface area contributed by atoms with Crippen LogP contribution in [0.5, 0.6) is 0 Å². The molecular formula is C17H20F3N3O2S. The number of hydrogen-bond acceptors (Lipinski definition) is 3. The molecule has 142 valence electrons. The number of piperidine rings is 1. The molecule has 2 aliphatic heterocycles. The molecule has 9 heteroatoms. The van der Waals surface area contributed by atoms with Crippen molar-refractivity contribution < 1.29 is 22.7 Å². The first kappa shape index (κ1) is 18.8. The minimum absolute atomic E-state index is 0.0442. The van der Waals surface area contributed by atoms with Crippen molar-refractivity contribution in [2.24, 2.45) is 0 Å². The lowest BCUT2D eigenvalue weighted by atomic mass is 10.0. The Morgan fingerprint density at radius 3 is 2.50 bits per heavy atom. The van der Waals surface area contributed by atoms with E-state index in [0.717, 1.165) is 6.07 Å². The van der Waals surface area contributed by atoms with Crippen LogP contribution < -0.4 is 5.32 Å². The van der Waals surface area contributed by atoms with E-state index in [0.29, 0.717) is 32.5 Å². The maximum Gasteiger partial charge on any atom is 0.418 e. The minimum atomic E-state index is -4.45. The molecule has 1 aromatic rings. The van der Waals surface area contributed by atoms with Gasteiger partial charge in [0, 0.05) is 19.1 Å². The van der Waals surface area contributed by atoms with Crippen molar-refractivity contribution in [3.8, 4) is 0 Å². The Kier molecular flexibility index (Phi) is 5.27. The number of thiocarbonyl (C=S) groups is 1. The number of hydrogen-bond donors (Lipinski definition) is 1.